The predicted molar refractivity (Wildman–Crippen MR) is 143 cm³/mol. The Bertz CT molecular complexity index is 645. The van der Waals surface area contributed by atoms with E-state index in [4.69, 9.17) is 14.5 Å². The molecule has 0 radical (unpaired) electrons. The third kappa shape index (κ3) is 10.4. The first-order valence-electron chi connectivity index (χ1n) is 12.3. The Morgan fingerprint density at radius 1 is 1.12 bits per heavy atom. The summed E-state index contributed by atoms with van der Waals surface area (Å²) in [6, 6.07) is 8.77. The average molecular weight is 559 g/mol. The molecule has 7 heteroatoms. The van der Waals surface area contributed by atoms with E-state index in [9.17, 15) is 0 Å². The first-order valence-corrected chi connectivity index (χ1v) is 12.3. The number of halogens is 1. The van der Waals surface area contributed by atoms with Gasteiger partial charge in [0.15, 0.2) is 5.96 Å². The minimum atomic E-state index is 0. The van der Waals surface area contributed by atoms with Gasteiger partial charge in [0.2, 0.25) is 0 Å². The Balaban J connectivity index is 0.00000363. The van der Waals surface area contributed by atoms with Crippen molar-refractivity contribution >= 4 is 29.9 Å². The van der Waals surface area contributed by atoms with E-state index in [1.165, 1.54) is 49.9 Å². The number of hydrogen-bond acceptors (Lipinski definition) is 4. The van der Waals surface area contributed by atoms with Gasteiger partial charge in [-0.25, -0.2) is 4.99 Å². The summed E-state index contributed by atoms with van der Waals surface area (Å²) in [5, 5.41) is 6.82. The molecule has 2 fully saturated rings. The predicted octanol–water partition coefficient (Wildman–Crippen LogP) is 4.18. The molecule has 0 bridgehead atoms. The fraction of sp³-hybridized carbons (Fsp3) is 0.720. The number of hydrogen-bond donors (Lipinski definition) is 2. The second-order valence-electron chi connectivity index (χ2n) is 8.74. The van der Waals surface area contributed by atoms with E-state index in [1.807, 2.05) is 0 Å². The number of rotatable bonds is 11. The van der Waals surface area contributed by atoms with Crippen molar-refractivity contribution in [2.75, 3.05) is 52.6 Å². The number of aliphatic imine (C=N–C) groups is 1. The van der Waals surface area contributed by atoms with Gasteiger partial charge in [-0.3, -0.25) is 4.90 Å². The molecule has 0 saturated carbocycles. The fourth-order valence-corrected chi connectivity index (χ4v) is 4.25. The second kappa shape index (κ2) is 16.7. The number of nitrogens with one attached hydrogen (secondary N) is 2. The van der Waals surface area contributed by atoms with Crippen LogP contribution >= 0.6 is 24.0 Å². The zero-order chi connectivity index (χ0) is 21.6. The van der Waals surface area contributed by atoms with E-state index in [1.54, 1.807) is 0 Å². The quantitative estimate of drug-likeness (QED) is 0.185. The van der Waals surface area contributed by atoms with Crippen LogP contribution in [0.15, 0.2) is 29.3 Å². The van der Waals surface area contributed by atoms with Crippen LogP contribution in [0.2, 0.25) is 0 Å². The Labute approximate surface area is 211 Å². The van der Waals surface area contributed by atoms with Crippen molar-refractivity contribution in [3.05, 3.63) is 35.4 Å². The molecule has 0 aromatic heterocycles. The zero-order valence-electron chi connectivity index (χ0n) is 19.8. The molecule has 2 heterocycles. The molecule has 2 aliphatic heterocycles. The van der Waals surface area contributed by atoms with Crippen LogP contribution in [0.3, 0.4) is 0 Å². The lowest BCUT2D eigenvalue weighted by Gasteiger charge is -2.21. The summed E-state index contributed by atoms with van der Waals surface area (Å²) in [5.41, 5.74) is 2.74. The molecule has 2 saturated heterocycles. The summed E-state index contributed by atoms with van der Waals surface area (Å²) in [6.07, 6.45) is 7.51. The van der Waals surface area contributed by atoms with Crippen LogP contribution < -0.4 is 10.6 Å². The standard InChI is InChI=1S/C25H42N4O2.HI/c1-2-26-25(27-13-9-16-30-20-22-12-17-31-21-22)28-18-23-10-5-6-11-24(23)19-29-14-7-3-4-8-15-29;/h5-6,10-11,22H,2-4,7-9,12-21H2,1H3,(H2,26,27,28);1H. The van der Waals surface area contributed by atoms with Gasteiger partial charge in [-0.1, -0.05) is 37.1 Å². The first kappa shape index (κ1) is 27.3. The molecule has 2 aliphatic rings. The topological polar surface area (TPSA) is 58.1 Å². The smallest absolute Gasteiger partial charge is 0.191 e. The van der Waals surface area contributed by atoms with Crippen LogP contribution in [0.5, 0.6) is 0 Å². The second-order valence-corrected chi connectivity index (χ2v) is 8.74. The Morgan fingerprint density at radius 3 is 2.62 bits per heavy atom. The van der Waals surface area contributed by atoms with Crippen molar-refractivity contribution in [3.63, 3.8) is 0 Å². The van der Waals surface area contributed by atoms with Gasteiger partial charge in [0, 0.05) is 38.8 Å². The van der Waals surface area contributed by atoms with Crippen molar-refractivity contribution in [2.24, 2.45) is 10.9 Å². The summed E-state index contributed by atoms with van der Waals surface area (Å²) >= 11 is 0. The van der Waals surface area contributed by atoms with Crippen molar-refractivity contribution < 1.29 is 9.47 Å². The Hall–Kier alpha value is -0.900. The maximum absolute atomic E-state index is 5.80. The van der Waals surface area contributed by atoms with E-state index in [0.29, 0.717) is 12.5 Å². The maximum Gasteiger partial charge on any atom is 0.191 e. The third-order valence-electron chi connectivity index (χ3n) is 6.10. The summed E-state index contributed by atoms with van der Waals surface area (Å²) in [5.74, 6) is 1.47. The van der Waals surface area contributed by atoms with Crippen LogP contribution in [0.4, 0.5) is 0 Å². The molecule has 0 spiro atoms. The molecule has 32 heavy (non-hydrogen) atoms. The lowest BCUT2D eigenvalue weighted by molar-refractivity contribution is 0.0888. The third-order valence-corrected chi connectivity index (χ3v) is 6.10. The van der Waals surface area contributed by atoms with Crippen molar-refractivity contribution in [2.45, 2.75) is 58.5 Å². The van der Waals surface area contributed by atoms with E-state index >= 15 is 0 Å². The molecular weight excluding hydrogens is 515 g/mol. The van der Waals surface area contributed by atoms with Gasteiger partial charge >= 0.3 is 0 Å². The molecule has 1 aromatic rings. The molecule has 1 unspecified atom stereocenters. The molecule has 0 aliphatic carbocycles. The number of ether oxygens (including phenoxy) is 2. The number of nitrogens with zero attached hydrogens (tertiary/aromatic N) is 2. The van der Waals surface area contributed by atoms with Gasteiger partial charge in [0.25, 0.3) is 0 Å². The monoisotopic (exact) mass is 558 g/mol. The van der Waals surface area contributed by atoms with Gasteiger partial charge in [-0.15, -0.1) is 24.0 Å². The summed E-state index contributed by atoms with van der Waals surface area (Å²) in [6.45, 7) is 11.4. The van der Waals surface area contributed by atoms with E-state index in [0.717, 1.165) is 64.9 Å². The fourth-order valence-electron chi connectivity index (χ4n) is 4.25. The average Bonchev–Trinajstić information content (AvgIpc) is 3.18. The highest BCUT2D eigenvalue weighted by Crippen LogP contribution is 2.17. The van der Waals surface area contributed by atoms with Gasteiger partial charge in [0.1, 0.15) is 0 Å². The van der Waals surface area contributed by atoms with Gasteiger partial charge in [-0.05, 0) is 56.8 Å². The van der Waals surface area contributed by atoms with E-state index < -0.39 is 0 Å². The SMILES string of the molecule is CCNC(=NCc1ccccc1CN1CCCCCC1)NCCCOCC1CCOC1.I. The molecule has 2 N–H and O–H groups in total. The number of likely N-dealkylation sites (tertiary alicyclic amines) is 1. The summed E-state index contributed by atoms with van der Waals surface area (Å²) in [4.78, 5) is 7.46. The number of guanidine groups is 1. The Kier molecular flexibility index (Phi) is 14.2. The van der Waals surface area contributed by atoms with E-state index in [2.05, 4.69) is 46.7 Å². The molecule has 182 valence electrons. The molecule has 3 rings (SSSR count). The largest absolute Gasteiger partial charge is 0.381 e. The maximum atomic E-state index is 5.80. The van der Waals surface area contributed by atoms with Crippen LogP contribution in [0, 0.1) is 5.92 Å². The molecule has 1 atom stereocenters. The lowest BCUT2D eigenvalue weighted by atomic mass is 10.1. The first-order chi connectivity index (χ1) is 15.3. The highest BCUT2D eigenvalue weighted by molar-refractivity contribution is 14.0. The molecule has 1 aromatic carbocycles. The van der Waals surface area contributed by atoms with Crippen molar-refractivity contribution in [1.29, 1.82) is 0 Å². The highest BCUT2D eigenvalue weighted by Gasteiger charge is 2.15. The molecule has 6 nitrogen and oxygen atoms in total. The normalized spacial score (nSPS) is 19.9. The van der Waals surface area contributed by atoms with Crippen LogP contribution in [0.1, 0.15) is 56.6 Å². The highest BCUT2D eigenvalue weighted by atomic mass is 127. The van der Waals surface area contributed by atoms with Gasteiger partial charge < -0.3 is 20.1 Å². The minimum absolute atomic E-state index is 0. The van der Waals surface area contributed by atoms with Crippen LogP contribution in [-0.4, -0.2) is 63.5 Å². The van der Waals surface area contributed by atoms with Crippen molar-refractivity contribution in [1.82, 2.24) is 15.5 Å². The number of benzene rings is 1. The van der Waals surface area contributed by atoms with Gasteiger partial charge in [-0.2, -0.15) is 0 Å². The minimum Gasteiger partial charge on any atom is -0.381 e. The van der Waals surface area contributed by atoms with Crippen LogP contribution in [-0.2, 0) is 22.6 Å². The Morgan fingerprint density at radius 2 is 1.91 bits per heavy atom. The van der Waals surface area contributed by atoms with Crippen molar-refractivity contribution in [3.8, 4) is 0 Å². The zero-order valence-corrected chi connectivity index (χ0v) is 22.1. The molecular formula is C25H43IN4O2. The van der Waals surface area contributed by atoms with Crippen LogP contribution in [0.25, 0.3) is 0 Å². The van der Waals surface area contributed by atoms with Gasteiger partial charge in [0.05, 0.1) is 19.8 Å². The van der Waals surface area contributed by atoms with E-state index in [-0.39, 0.29) is 24.0 Å². The lowest BCUT2D eigenvalue weighted by Crippen LogP contribution is -2.38. The summed E-state index contributed by atoms with van der Waals surface area (Å²) < 4.78 is 11.2. The summed E-state index contributed by atoms with van der Waals surface area (Å²) in [7, 11) is 0. The molecule has 0 amide bonds.